The van der Waals surface area contributed by atoms with Crippen LogP contribution in [0.2, 0.25) is 0 Å². The largest absolute Gasteiger partial charge is 0.365 e. The Hall–Kier alpha value is -2.24. The van der Waals surface area contributed by atoms with Crippen molar-refractivity contribution in [3.05, 3.63) is 41.8 Å². The van der Waals surface area contributed by atoms with E-state index in [4.69, 9.17) is 0 Å². The molecule has 0 bridgehead atoms. The minimum atomic E-state index is -0.226. The molecule has 1 N–H and O–H groups in total. The first-order valence-electron chi connectivity index (χ1n) is 8.21. The van der Waals surface area contributed by atoms with Crippen LogP contribution in [0, 0.1) is 5.82 Å². The van der Waals surface area contributed by atoms with Gasteiger partial charge in [0, 0.05) is 19.1 Å². The normalized spacial score (nSPS) is 18.0. The summed E-state index contributed by atoms with van der Waals surface area (Å²) < 4.78 is 12.9. The average molecular weight is 315 g/mol. The highest BCUT2D eigenvalue weighted by Gasteiger charge is 2.23. The molecule has 0 amide bonds. The molecule has 1 aliphatic heterocycles. The van der Waals surface area contributed by atoms with Gasteiger partial charge in [-0.1, -0.05) is 19.1 Å². The van der Waals surface area contributed by atoms with E-state index >= 15 is 0 Å². The van der Waals surface area contributed by atoms with Gasteiger partial charge in [-0.3, -0.25) is 0 Å². The first-order valence-corrected chi connectivity index (χ1v) is 8.21. The zero-order valence-electron chi connectivity index (χ0n) is 13.4. The van der Waals surface area contributed by atoms with Gasteiger partial charge >= 0.3 is 0 Å². The first kappa shape index (κ1) is 15.6. The molecular formula is C17H22FN5. The molecule has 0 radical (unpaired) electrons. The number of halogens is 1. The van der Waals surface area contributed by atoms with Gasteiger partial charge < -0.3 is 10.2 Å². The second-order valence-corrected chi connectivity index (χ2v) is 5.87. The van der Waals surface area contributed by atoms with E-state index in [-0.39, 0.29) is 5.82 Å². The van der Waals surface area contributed by atoms with Crippen molar-refractivity contribution < 1.29 is 4.39 Å². The maximum atomic E-state index is 12.9. The molecule has 23 heavy (non-hydrogen) atoms. The second-order valence-electron chi connectivity index (χ2n) is 5.87. The van der Waals surface area contributed by atoms with Gasteiger partial charge in [-0.15, -0.1) is 5.10 Å². The molecular weight excluding hydrogens is 293 g/mol. The van der Waals surface area contributed by atoms with Crippen LogP contribution < -0.4 is 10.2 Å². The van der Waals surface area contributed by atoms with Crippen molar-refractivity contribution in [3.8, 4) is 0 Å². The maximum Gasteiger partial charge on any atom is 0.247 e. The van der Waals surface area contributed by atoms with E-state index in [2.05, 4.69) is 32.3 Å². The number of benzene rings is 1. The Bertz CT molecular complexity index is 631. The molecule has 1 aliphatic rings. The predicted molar refractivity (Wildman–Crippen MR) is 88.8 cm³/mol. The molecule has 0 spiro atoms. The van der Waals surface area contributed by atoms with E-state index in [1.807, 2.05) is 0 Å². The van der Waals surface area contributed by atoms with E-state index in [9.17, 15) is 4.39 Å². The van der Waals surface area contributed by atoms with Crippen LogP contribution >= 0.6 is 0 Å². The molecule has 0 saturated carbocycles. The van der Waals surface area contributed by atoms with Crippen LogP contribution in [0.25, 0.3) is 0 Å². The molecule has 1 unspecified atom stereocenters. The van der Waals surface area contributed by atoms with Crippen molar-refractivity contribution in [2.24, 2.45) is 0 Å². The lowest BCUT2D eigenvalue weighted by atomic mass is 10.0. The molecule has 1 fully saturated rings. The van der Waals surface area contributed by atoms with Gasteiger partial charge in [0.25, 0.3) is 0 Å². The van der Waals surface area contributed by atoms with E-state index < -0.39 is 0 Å². The molecule has 0 aliphatic carbocycles. The number of hydrogen-bond acceptors (Lipinski definition) is 5. The first-order chi connectivity index (χ1) is 11.3. The minimum absolute atomic E-state index is 0.226. The summed E-state index contributed by atoms with van der Waals surface area (Å²) in [5.74, 6) is 1.16. The third-order valence-electron chi connectivity index (χ3n) is 4.29. The van der Waals surface area contributed by atoms with Crippen LogP contribution in [0.4, 0.5) is 16.2 Å². The fraction of sp³-hybridized carbons (Fsp3) is 0.471. The van der Waals surface area contributed by atoms with Crippen LogP contribution in [-0.4, -0.2) is 27.8 Å². The van der Waals surface area contributed by atoms with Crippen molar-refractivity contribution in [1.82, 2.24) is 15.2 Å². The number of hydrogen-bond donors (Lipinski definition) is 1. The van der Waals surface area contributed by atoms with Gasteiger partial charge in [0.2, 0.25) is 5.95 Å². The van der Waals surface area contributed by atoms with Gasteiger partial charge in [0.15, 0.2) is 5.82 Å². The van der Waals surface area contributed by atoms with Crippen LogP contribution in [0.1, 0.15) is 38.2 Å². The molecule has 1 aromatic carbocycles. The highest BCUT2D eigenvalue weighted by molar-refractivity contribution is 5.40. The summed E-state index contributed by atoms with van der Waals surface area (Å²) in [6.07, 6.45) is 6.35. The van der Waals surface area contributed by atoms with E-state index in [1.54, 1.807) is 18.3 Å². The Morgan fingerprint density at radius 3 is 2.87 bits per heavy atom. The van der Waals surface area contributed by atoms with Gasteiger partial charge in [0.05, 0.1) is 6.20 Å². The Balaban J connectivity index is 1.68. The van der Waals surface area contributed by atoms with Gasteiger partial charge in [-0.05, 0) is 43.4 Å². The van der Waals surface area contributed by atoms with Crippen LogP contribution in [0.5, 0.6) is 0 Å². The molecule has 1 aromatic heterocycles. The number of anilines is 2. The maximum absolute atomic E-state index is 12.9. The topological polar surface area (TPSA) is 53.9 Å². The Kier molecular flexibility index (Phi) is 5.00. The SMILES string of the molecule is CCC1CCCCN1c1nncc(NCc2ccc(F)cc2)n1. The van der Waals surface area contributed by atoms with Crippen LogP contribution in [0.15, 0.2) is 30.5 Å². The highest BCUT2D eigenvalue weighted by Crippen LogP contribution is 2.23. The summed E-state index contributed by atoms with van der Waals surface area (Å²) in [7, 11) is 0. The zero-order valence-corrected chi connectivity index (χ0v) is 13.4. The Labute approximate surface area is 136 Å². The lowest BCUT2D eigenvalue weighted by molar-refractivity contribution is 0.441. The van der Waals surface area contributed by atoms with Crippen LogP contribution in [0.3, 0.4) is 0 Å². The average Bonchev–Trinajstić information content (AvgIpc) is 2.61. The van der Waals surface area contributed by atoms with Crippen molar-refractivity contribution in [2.45, 2.75) is 45.2 Å². The summed E-state index contributed by atoms with van der Waals surface area (Å²) in [6, 6.07) is 6.93. The standard InChI is InChI=1S/C17H22FN5/c1-2-15-5-3-4-10-23(15)17-21-16(12-20-22-17)19-11-13-6-8-14(18)9-7-13/h6-9,12,15H,2-5,10-11H2,1H3,(H,19,21,22). The number of rotatable bonds is 5. The van der Waals surface area contributed by atoms with Crippen LogP contribution in [-0.2, 0) is 6.54 Å². The molecule has 6 heteroatoms. The highest BCUT2D eigenvalue weighted by atomic mass is 19.1. The summed E-state index contributed by atoms with van der Waals surface area (Å²) in [4.78, 5) is 6.86. The number of aromatic nitrogens is 3. The minimum Gasteiger partial charge on any atom is -0.365 e. The van der Waals surface area contributed by atoms with Crippen molar-refractivity contribution in [3.63, 3.8) is 0 Å². The van der Waals surface area contributed by atoms with E-state index in [0.717, 1.165) is 18.5 Å². The summed E-state index contributed by atoms with van der Waals surface area (Å²) in [6.45, 7) is 3.77. The van der Waals surface area contributed by atoms with Crippen molar-refractivity contribution in [1.29, 1.82) is 0 Å². The third kappa shape index (κ3) is 3.94. The monoisotopic (exact) mass is 315 g/mol. The molecule has 3 rings (SSSR count). The number of nitrogens with zero attached hydrogens (tertiary/aromatic N) is 4. The molecule has 122 valence electrons. The predicted octanol–water partition coefficient (Wildman–Crippen LogP) is 3.39. The zero-order chi connectivity index (χ0) is 16.1. The quantitative estimate of drug-likeness (QED) is 0.916. The second kappa shape index (κ2) is 7.35. The fourth-order valence-corrected chi connectivity index (χ4v) is 2.98. The summed E-state index contributed by atoms with van der Waals surface area (Å²) >= 11 is 0. The molecule has 1 atom stereocenters. The van der Waals surface area contributed by atoms with Gasteiger partial charge in [-0.2, -0.15) is 10.1 Å². The summed E-state index contributed by atoms with van der Waals surface area (Å²) in [5.41, 5.74) is 0.996. The summed E-state index contributed by atoms with van der Waals surface area (Å²) in [5, 5.41) is 11.5. The van der Waals surface area contributed by atoms with Gasteiger partial charge in [-0.25, -0.2) is 4.39 Å². The molecule has 5 nitrogen and oxygen atoms in total. The van der Waals surface area contributed by atoms with Crippen molar-refractivity contribution >= 4 is 11.8 Å². The molecule has 2 heterocycles. The van der Waals surface area contributed by atoms with Gasteiger partial charge in [0.1, 0.15) is 5.82 Å². The smallest absolute Gasteiger partial charge is 0.247 e. The molecule has 1 saturated heterocycles. The number of piperidine rings is 1. The van der Waals surface area contributed by atoms with E-state index in [1.165, 1.54) is 31.4 Å². The Morgan fingerprint density at radius 1 is 1.26 bits per heavy atom. The Morgan fingerprint density at radius 2 is 2.09 bits per heavy atom. The fourth-order valence-electron chi connectivity index (χ4n) is 2.98. The van der Waals surface area contributed by atoms with E-state index in [0.29, 0.717) is 24.4 Å². The lowest BCUT2D eigenvalue weighted by Gasteiger charge is -2.34. The third-order valence-corrected chi connectivity index (χ3v) is 4.29. The number of nitrogens with one attached hydrogen (secondary N) is 1. The van der Waals surface area contributed by atoms with Crippen molar-refractivity contribution in [2.75, 3.05) is 16.8 Å². The molecule has 2 aromatic rings. The lowest BCUT2D eigenvalue weighted by Crippen LogP contribution is -2.40.